The Morgan fingerprint density at radius 1 is 0.909 bits per heavy atom. The first-order chi connectivity index (χ1) is 21.2. The number of nitrogens with zero attached hydrogens (tertiary/aromatic N) is 2. The number of nitro benzene ring substituents is 1. The molecule has 0 saturated carbocycles. The van der Waals surface area contributed by atoms with Gasteiger partial charge in [0.15, 0.2) is 18.7 Å². The Morgan fingerprint density at radius 2 is 1.57 bits per heavy atom. The van der Waals surface area contributed by atoms with Gasteiger partial charge < -0.3 is 28.4 Å². The molecule has 0 amide bonds. The number of fused-ring (bicyclic) bond motifs is 1. The average Bonchev–Trinajstić information content (AvgIpc) is 3.04. The summed E-state index contributed by atoms with van der Waals surface area (Å²) < 4.78 is 36.1. The third-order valence-corrected chi connectivity index (χ3v) is 7.66. The molecule has 2 aliphatic heterocycles. The second-order valence-electron chi connectivity index (χ2n) is 10.7. The van der Waals surface area contributed by atoms with E-state index in [0.717, 1.165) is 18.1 Å². The van der Waals surface area contributed by atoms with Crippen LogP contribution in [0, 0.1) is 20.2 Å². The predicted molar refractivity (Wildman–Crippen MR) is 153 cm³/mol. The fraction of sp³-hybridized carbons (Fsp3) is 0.387. The van der Waals surface area contributed by atoms with Gasteiger partial charge >= 0.3 is 11.5 Å². The quantitative estimate of drug-likeness (QED) is 0.175. The van der Waals surface area contributed by atoms with Crippen LogP contribution in [0.25, 0.3) is 0 Å². The molecular formula is C31H32N2O11. The van der Waals surface area contributed by atoms with Crippen LogP contribution in [0.4, 0.5) is 5.69 Å². The minimum Gasteiger partial charge on any atom is -0.449 e. The normalized spacial score (nSPS) is 26.1. The molecule has 2 heterocycles. The summed E-state index contributed by atoms with van der Waals surface area (Å²) in [6.45, 7) is 1.43. The Bertz CT molecular complexity index is 1440. The molecule has 0 aliphatic carbocycles. The number of carbonyl (C=O) groups is 1. The zero-order chi connectivity index (χ0) is 31.3. The highest BCUT2D eigenvalue weighted by atomic mass is 16.8. The summed E-state index contributed by atoms with van der Waals surface area (Å²) in [4.78, 5) is 35.7. The van der Waals surface area contributed by atoms with Crippen molar-refractivity contribution in [3.05, 3.63) is 122 Å². The molecule has 7 atom stereocenters. The van der Waals surface area contributed by atoms with E-state index in [1.165, 1.54) is 31.4 Å². The van der Waals surface area contributed by atoms with Crippen LogP contribution in [-0.2, 0) is 46.2 Å². The van der Waals surface area contributed by atoms with E-state index in [9.17, 15) is 25.0 Å². The molecule has 0 N–H and O–H groups in total. The maximum absolute atomic E-state index is 13.7. The monoisotopic (exact) mass is 608 g/mol. The Morgan fingerprint density at radius 3 is 2.18 bits per heavy atom. The number of esters is 1. The van der Waals surface area contributed by atoms with Gasteiger partial charge in [-0.3, -0.25) is 20.2 Å². The average molecular weight is 609 g/mol. The number of nitro groups is 2. The number of benzene rings is 3. The van der Waals surface area contributed by atoms with E-state index in [2.05, 4.69) is 0 Å². The largest absolute Gasteiger partial charge is 0.449 e. The van der Waals surface area contributed by atoms with Crippen LogP contribution in [0.5, 0.6) is 0 Å². The summed E-state index contributed by atoms with van der Waals surface area (Å²) in [6.07, 6.45) is -6.19. The number of ether oxygens (including phenoxy) is 6. The molecule has 0 bridgehead atoms. The van der Waals surface area contributed by atoms with Crippen LogP contribution in [0.3, 0.4) is 0 Å². The van der Waals surface area contributed by atoms with Gasteiger partial charge in [0.25, 0.3) is 5.69 Å². The van der Waals surface area contributed by atoms with E-state index in [4.69, 9.17) is 28.4 Å². The van der Waals surface area contributed by atoms with E-state index in [1.54, 1.807) is 0 Å². The molecule has 5 rings (SSSR count). The maximum Gasteiger partial charge on any atom is 0.385 e. The zero-order valence-corrected chi connectivity index (χ0v) is 24.1. The van der Waals surface area contributed by atoms with Crippen LogP contribution in [0.15, 0.2) is 84.9 Å². The van der Waals surface area contributed by atoms with Crippen molar-refractivity contribution in [2.75, 3.05) is 13.7 Å². The molecule has 232 valence electrons. The minimum atomic E-state index is -2.26. The molecule has 0 spiro atoms. The molecule has 0 radical (unpaired) electrons. The van der Waals surface area contributed by atoms with Gasteiger partial charge in [-0.25, -0.2) is 4.79 Å². The topological polar surface area (TPSA) is 159 Å². The van der Waals surface area contributed by atoms with Crippen LogP contribution >= 0.6 is 0 Å². The molecule has 2 fully saturated rings. The lowest BCUT2D eigenvalue weighted by Crippen LogP contribution is -2.64. The Hall–Kier alpha value is -4.27. The molecule has 2 saturated heterocycles. The Kier molecular flexibility index (Phi) is 9.61. The van der Waals surface area contributed by atoms with Crippen LogP contribution in [0.2, 0.25) is 0 Å². The standard InChI is InChI=1S/C31H32N2O11/c1-31(33(37)38,17-20-13-15-23(16-14-20)32(35)36)30(34)43-26-25(40-18-21-9-5-3-6-10-21)27-29(44-28(26)39-2)41-19-24(42-27)22-11-7-4-8-12-22/h3-16,24-29H,17-19H2,1-2H3/t24-,25+,26+,27-,28-,29-,31?/m0/s1. The van der Waals surface area contributed by atoms with Crippen molar-refractivity contribution >= 4 is 11.7 Å². The molecule has 3 aromatic carbocycles. The second-order valence-corrected chi connectivity index (χ2v) is 10.7. The van der Waals surface area contributed by atoms with Gasteiger partial charge in [0.2, 0.25) is 0 Å². The predicted octanol–water partition coefficient (Wildman–Crippen LogP) is 4.16. The van der Waals surface area contributed by atoms with Gasteiger partial charge in [-0.15, -0.1) is 0 Å². The molecule has 2 aliphatic rings. The number of rotatable bonds is 11. The van der Waals surface area contributed by atoms with E-state index in [1.807, 2.05) is 60.7 Å². The second kappa shape index (κ2) is 13.6. The number of carbonyl (C=O) groups excluding carboxylic acids is 1. The third-order valence-electron chi connectivity index (χ3n) is 7.66. The van der Waals surface area contributed by atoms with E-state index in [-0.39, 0.29) is 25.3 Å². The van der Waals surface area contributed by atoms with E-state index < -0.39 is 58.4 Å². The maximum atomic E-state index is 13.7. The Balaban J connectivity index is 1.42. The van der Waals surface area contributed by atoms with Crippen molar-refractivity contribution in [2.45, 2.75) is 62.5 Å². The summed E-state index contributed by atoms with van der Waals surface area (Å²) in [5.41, 5.74) is -0.413. The Labute approximate surface area is 252 Å². The highest BCUT2D eigenvalue weighted by Gasteiger charge is 2.56. The summed E-state index contributed by atoms with van der Waals surface area (Å²) in [6, 6.07) is 23.9. The lowest BCUT2D eigenvalue weighted by atomic mass is 9.93. The lowest BCUT2D eigenvalue weighted by Gasteiger charge is -2.48. The van der Waals surface area contributed by atoms with Crippen molar-refractivity contribution in [2.24, 2.45) is 0 Å². The third kappa shape index (κ3) is 6.77. The number of methoxy groups -OCH3 is 1. The van der Waals surface area contributed by atoms with Crippen molar-refractivity contribution in [3.8, 4) is 0 Å². The van der Waals surface area contributed by atoms with Crippen molar-refractivity contribution < 1.29 is 43.1 Å². The zero-order valence-electron chi connectivity index (χ0n) is 24.1. The summed E-state index contributed by atoms with van der Waals surface area (Å²) in [5, 5.41) is 23.4. The van der Waals surface area contributed by atoms with Crippen LogP contribution < -0.4 is 0 Å². The van der Waals surface area contributed by atoms with Gasteiger partial charge in [0, 0.05) is 31.1 Å². The lowest BCUT2D eigenvalue weighted by molar-refractivity contribution is -0.551. The van der Waals surface area contributed by atoms with E-state index >= 15 is 0 Å². The first-order valence-electron chi connectivity index (χ1n) is 13.9. The summed E-state index contributed by atoms with van der Waals surface area (Å²) in [7, 11) is 1.35. The van der Waals surface area contributed by atoms with Gasteiger partial charge in [0.05, 0.1) is 24.6 Å². The minimum absolute atomic E-state index is 0.105. The van der Waals surface area contributed by atoms with E-state index in [0.29, 0.717) is 5.56 Å². The fourth-order valence-corrected chi connectivity index (χ4v) is 5.18. The molecule has 44 heavy (non-hydrogen) atoms. The first-order valence-corrected chi connectivity index (χ1v) is 13.9. The molecule has 3 aromatic rings. The summed E-state index contributed by atoms with van der Waals surface area (Å²) >= 11 is 0. The molecule has 13 nitrogen and oxygen atoms in total. The highest BCUT2D eigenvalue weighted by Crippen LogP contribution is 2.37. The van der Waals surface area contributed by atoms with Crippen molar-refractivity contribution in [3.63, 3.8) is 0 Å². The molecule has 1 unspecified atom stereocenters. The van der Waals surface area contributed by atoms with Gasteiger partial charge in [-0.05, 0) is 16.7 Å². The molecule has 0 aromatic heterocycles. The SMILES string of the molecule is CO[C@H]1O[C@@H]2OC[C@@H](c3ccccc3)O[C@H]2[C@H](OCc2ccccc2)[C@H]1OC(=O)C(C)(Cc1ccc([N+](=O)[O-])cc1)[N+](=O)[O-]. The molecular weight excluding hydrogens is 576 g/mol. The number of hydrogen-bond donors (Lipinski definition) is 0. The smallest absolute Gasteiger partial charge is 0.385 e. The highest BCUT2D eigenvalue weighted by molar-refractivity contribution is 5.79. The summed E-state index contributed by atoms with van der Waals surface area (Å²) in [5.74, 6) is -1.17. The van der Waals surface area contributed by atoms with Gasteiger partial charge in [-0.1, -0.05) is 72.8 Å². The van der Waals surface area contributed by atoms with Crippen molar-refractivity contribution in [1.82, 2.24) is 0 Å². The van der Waals surface area contributed by atoms with Crippen LogP contribution in [0.1, 0.15) is 29.7 Å². The first kappa shape index (κ1) is 31.2. The van der Waals surface area contributed by atoms with Gasteiger partial charge in [0.1, 0.15) is 18.3 Å². The molecule has 13 heteroatoms. The number of hydrogen-bond acceptors (Lipinski definition) is 11. The number of non-ortho nitro benzene ring substituents is 1. The van der Waals surface area contributed by atoms with Crippen molar-refractivity contribution in [1.29, 1.82) is 0 Å². The van der Waals surface area contributed by atoms with Crippen LogP contribution in [-0.4, -0.2) is 66.0 Å². The fourth-order valence-electron chi connectivity index (χ4n) is 5.18. The van der Waals surface area contributed by atoms with Gasteiger partial charge in [-0.2, -0.15) is 0 Å².